The number of aliphatic hydroxyl groups excluding tert-OH is 2. The molecule has 170 valence electrons. The van der Waals surface area contributed by atoms with Crippen molar-refractivity contribution < 1.29 is 32.9 Å². The summed E-state index contributed by atoms with van der Waals surface area (Å²) in [5.74, 6) is -1.80. The summed E-state index contributed by atoms with van der Waals surface area (Å²) in [7, 11) is -3.66. The minimum absolute atomic E-state index is 0.183. The third-order valence-corrected chi connectivity index (χ3v) is 5.98. The summed E-state index contributed by atoms with van der Waals surface area (Å²) < 4.78 is 39.8. The third kappa shape index (κ3) is 6.03. The maximum absolute atomic E-state index is 13.5. The van der Waals surface area contributed by atoms with Crippen LogP contribution in [0.25, 0.3) is 17.2 Å². The molecule has 0 radical (unpaired) electrons. The molecule has 0 amide bonds. The zero-order valence-electron chi connectivity index (χ0n) is 17.9. The molecule has 2 aromatic rings. The number of carbonyl (C=O) groups is 1. The first kappa shape index (κ1) is 24.8. The topological polar surface area (TPSA) is 117 Å². The first-order chi connectivity index (χ1) is 14.3. The van der Waals surface area contributed by atoms with Crippen LogP contribution < -0.4 is 0 Å². The van der Waals surface area contributed by atoms with Gasteiger partial charge in [0.05, 0.1) is 24.9 Å². The summed E-state index contributed by atoms with van der Waals surface area (Å²) in [5, 5.41) is 28.7. The van der Waals surface area contributed by atoms with Gasteiger partial charge in [-0.25, -0.2) is 16.8 Å². The molecule has 0 saturated heterocycles. The van der Waals surface area contributed by atoms with Crippen LogP contribution in [0.15, 0.2) is 30.3 Å². The zero-order valence-corrected chi connectivity index (χ0v) is 18.7. The number of aliphatic hydroxyl groups is 2. The zero-order chi connectivity index (χ0) is 23.5. The number of aliphatic carboxylic acids is 1. The van der Waals surface area contributed by atoms with Crippen LogP contribution in [-0.2, 0) is 14.8 Å². The van der Waals surface area contributed by atoms with E-state index >= 15 is 0 Å². The molecule has 0 saturated carbocycles. The average molecular weight is 454 g/mol. The van der Waals surface area contributed by atoms with Gasteiger partial charge in [0.2, 0.25) is 10.0 Å². The van der Waals surface area contributed by atoms with Crippen molar-refractivity contribution in [3.05, 3.63) is 53.1 Å². The fourth-order valence-corrected chi connectivity index (χ4v) is 4.94. The lowest BCUT2D eigenvalue weighted by atomic mass is 9.96. The van der Waals surface area contributed by atoms with E-state index in [9.17, 15) is 27.8 Å². The minimum Gasteiger partial charge on any atom is -0.481 e. The maximum atomic E-state index is 13.5. The van der Waals surface area contributed by atoms with Gasteiger partial charge < -0.3 is 15.3 Å². The molecule has 1 aromatic heterocycles. The number of hydrogen-bond acceptors (Lipinski definition) is 5. The standard InChI is InChI=1S/C22H28FNO6S/c1-13(2)22-19(10-9-17(25)11-18(26)12-20(27)28)21(14(3)24(22)31(4,29)30)15-5-7-16(23)8-6-15/h5-10,13,17-18,25-26H,11-12H2,1-4H3,(H,27,28)/b10-9+/t17-,18-/m1/s1. The molecule has 0 aliphatic rings. The van der Waals surface area contributed by atoms with Crippen molar-refractivity contribution in [1.82, 2.24) is 3.97 Å². The third-order valence-electron chi connectivity index (χ3n) is 4.85. The van der Waals surface area contributed by atoms with Gasteiger partial charge in [0.15, 0.2) is 0 Å². The Kier molecular flexibility index (Phi) is 7.80. The Bertz CT molecular complexity index is 1070. The van der Waals surface area contributed by atoms with Crippen LogP contribution >= 0.6 is 0 Å². The number of carboxylic acid groups (broad SMARTS) is 1. The van der Waals surface area contributed by atoms with Crippen LogP contribution in [0.4, 0.5) is 4.39 Å². The van der Waals surface area contributed by atoms with Gasteiger partial charge in [-0.15, -0.1) is 0 Å². The van der Waals surface area contributed by atoms with Gasteiger partial charge in [-0.05, 0) is 30.5 Å². The van der Waals surface area contributed by atoms with Crippen LogP contribution in [0.3, 0.4) is 0 Å². The molecule has 9 heteroatoms. The molecule has 0 spiro atoms. The summed E-state index contributed by atoms with van der Waals surface area (Å²) in [6, 6.07) is 5.68. The molecule has 1 heterocycles. The van der Waals surface area contributed by atoms with E-state index in [0.717, 1.165) is 6.26 Å². The number of rotatable bonds is 9. The van der Waals surface area contributed by atoms with E-state index in [1.165, 1.54) is 22.2 Å². The molecule has 2 rings (SSSR count). The van der Waals surface area contributed by atoms with E-state index in [0.29, 0.717) is 28.1 Å². The molecule has 31 heavy (non-hydrogen) atoms. The second-order valence-corrected chi connectivity index (χ2v) is 9.69. The Hall–Kier alpha value is -2.49. The summed E-state index contributed by atoms with van der Waals surface area (Å²) in [4.78, 5) is 10.7. The highest BCUT2D eigenvalue weighted by molar-refractivity contribution is 7.89. The first-order valence-electron chi connectivity index (χ1n) is 9.80. The van der Waals surface area contributed by atoms with Gasteiger partial charge in [0.25, 0.3) is 0 Å². The van der Waals surface area contributed by atoms with Gasteiger partial charge in [0, 0.05) is 28.9 Å². The van der Waals surface area contributed by atoms with Crippen molar-refractivity contribution in [2.75, 3.05) is 6.26 Å². The van der Waals surface area contributed by atoms with Crippen LogP contribution in [-0.4, -0.2) is 52.1 Å². The SMILES string of the molecule is Cc1c(-c2ccc(F)cc2)c(/C=C/[C@@H](O)C[C@@H](O)CC(=O)O)c(C(C)C)n1S(C)(=O)=O. The first-order valence-corrected chi connectivity index (χ1v) is 11.7. The fraction of sp³-hybridized carbons (Fsp3) is 0.409. The summed E-state index contributed by atoms with van der Waals surface area (Å²) >= 11 is 0. The Balaban J connectivity index is 2.63. The Labute approximate surface area is 181 Å². The molecule has 1 aromatic carbocycles. The molecule has 0 aliphatic carbocycles. The highest BCUT2D eigenvalue weighted by Crippen LogP contribution is 2.38. The molecule has 0 bridgehead atoms. The maximum Gasteiger partial charge on any atom is 0.305 e. The monoisotopic (exact) mass is 453 g/mol. The normalized spacial score (nSPS) is 14.3. The fourth-order valence-electron chi connectivity index (χ4n) is 3.69. The van der Waals surface area contributed by atoms with Crippen molar-refractivity contribution in [3.8, 4) is 11.1 Å². The van der Waals surface area contributed by atoms with E-state index in [1.807, 2.05) is 13.8 Å². The number of halogens is 1. The molecule has 0 unspecified atom stereocenters. The Morgan fingerprint density at radius 2 is 1.77 bits per heavy atom. The second kappa shape index (κ2) is 9.76. The summed E-state index contributed by atoms with van der Waals surface area (Å²) in [6.45, 7) is 5.35. The van der Waals surface area contributed by atoms with Crippen molar-refractivity contribution in [2.24, 2.45) is 0 Å². The van der Waals surface area contributed by atoms with Crippen LogP contribution in [0.2, 0.25) is 0 Å². The largest absolute Gasteiger partial charge is 0.481 e. The minimum atomic E-state index is -3.66. The summed E-state index contributed by atoms with van der Waals surface area (Å²) in [6.07, 6.45) is 1.03. The van der Waals surface area contributed by atoms with Crippen molar-refractivity contribution >= 4 is 22.1 Å². The van der Waals surface area contributed by atoms with E-state index in [4.69, 9.17) is 5.11 Å². The van der Waals surface area contributed by atoms with Crippen molar-refractivity contribution in [2.45, 2.75) is 51.7 Å². The molecule has 7 nitrogen and oxygen atoms in total. The molecule has 0 fully saturated rings. The molecular weight excluding hydrogens is 425 g/mol. The van der Waals surface area contributed by atoms with Gasteiger partial charge in [-0.2, -0.15) is 0 Å². The lowest BCUT2D eigenvalue weighted by molar-refractivity contribution is -0.139. The highest BCUT2D eigenvalue weighted by Gasteiger charge is 2.26. The van der Waals surface area contributed by atoms with Gasteiger partial charge in [-0.3, -0.25) is 4.79 Å². The van der Waals surface area contributed by atoms with Crippen molar-refractivity contribution in [1.29, 1.82) is 0 Å². The van der Waals surface area contributed by atoms with E-state index in [-0.39, 0.29) is 12.3 Å². The van der Waals surface area contributed by atoms with E-state index in [1.54, 1.807) is 25.1 Å². The van der Waals surface area contributed by atoms with Crippen LogP contribution in [0.5, 0.6) is 0 Å². The number of nitrogens with zero attached hydrogens (tertiary/aromatic N) is 1. The van der Waals surface area contributed by atoms with Gasteiger partial charge in [-0.1, -0.05) is 38.1 Å². The van der Waals surface area contributed by atoms with Crippen molar-refractivity contribution in [3.63, 3.8) is 0 Å². The second-order valence-electron chi connectivity index (χ2n) is 7.86. The van der Waals surface area contributed by atoms with E-state index in [2.05, 4.69) is 0 Å². The van der Waals surface area contributed by atoms with Crippen LogP contribution in [0.1, 0.15) is 49.6 Å². The molecule has 2 atom stereocenters. The van der Waals surface area contributed by atoms with Crippen LogP contribution in [0, 0.1) is 12.7 Å². The lowest BCUT2D eigenvalue weighted by Crippen LogP contribution is -2.19. The molecule has 0 aliphatic heterocycles. The Morgan fingerprint density at radius 1 is 1.19 bits per heavy atom. The number of hydrogen-bond donors (Lipinski definition) is 3. The summed E-state index contributed by atoms with van der Waals surface area (Å²) in [5.41, 5.74) is 2.72. The smallest absolute Gasteiger partial charge is 0.305 e. The quantitative estimate of drug-likeness (QED) is 0.537. The van der Waals surface area contributed by atoms with E-state index < -0.39 is 40.4 Å². The number of aromatic nitrogens is 1. The average Bonchev–Trinajstić information content (AvgIpc) is 2.92. The molecule has 3 N–H and O–H groups in total. The predicted molar refractivity (Wildman–Crippen MR) is 117 cm³/mol. The molecular formula is C22H28FNO6S. The van der Waals surface area contributed by atoms with Gasteiger partial charge in [0.1, 0.15) is 5.82 Å². The number of carboxylic acids is 1. The number of benzene rings is 1. The van der Waals surface area contributed by atoms with Gasteiger partial charge >= 0.3 is 5.97 Å². The highest BCUT2D eigenvalue weighted by atomic mass is 32.2. The lowest BCUT2D eigenvalue weighted by Gasteiger charge is -2.13. The predicted octanol–water partition coefficient (Wildman–Crippen LogP) is 3.13. The Morgan fingerprint density at radius 3 is 2.26 bits per heavy atom.